The summed E-state index contributed by atoms with van der Waals surface area (Å²) in [4.78, 5) is 9.43. The van der Waals surface area contributed by atoms with Gasteiger partial charge in [-0.1, -0.05) is 51.4 Å². The highest BCUT2D eigenvalue weighted by Crippen LogP contribution is 2.14. The average Bonchev–Trinajstić information content (AvgIpc) is 2.88. The molecule has 0 radical (unpaired) electrons. The summed E-state index contributed by atoms with van der Waals surface area (Å²) in [5.74, 6) is 0. The number of hydrogen-bond acceptors (Lipinski definition) is 3. The maximum atomic E-state index is 4.31. The predicted molar refractivity (Wildman–Crippen MR) is 112 cm³/mol. The SMILES string of the molecule is C[Si](C)(C)CCCN(CCCN1C=NCC1)CCC[Si](C)(C)C. The van der Waals surface area contributed by atoms with Crippen LogP contribution < -0.4 is 0 Å². The minimum Gasteiger partial charge on any atom is -0.361 e. The highest BCUT2D eigenvalue weighted by molar-refractivity contribution is 6.76. The molecule has 0 saturated heterocycles. The Bertz CT molecular complexity index is 325. The second kappa shape index (κ2) is 9.99. The van der Waals surface area contributed by atoms with Crippen LogP contribution in [0.15, 0.2) is 4.99 Å². The van der Waals surface area contributed by atoms with Crippen LogP contribution in [0.4, 0.5) is 0 Å². The van der Waals surface area contributed by atoms with E-state index in [-0.39, 0.29) is 0 Å². The summed E-state index contributed by atoms with van der Waals surface area (Å²) in [6, 6.07) is 2.94. The number of hydrogen-bond donors (Lipinski definition) is 0. The zero-order chi connectivity index (χ0) is 17.3. The van der Waals surface area contributed by atoms with Crippen molar-refractivity contribution < 1.29 is 0 Å². The molecule has 0 N–H and O–H groups in total. The van der Waals surface area contributed by atoms with Crippen LogP contribution in [0.2, 0.25) is 51.4 Å². The lowest BCUT2D eigenvalue weighted by Gasteiger charge is -2.26. The molecule has 0 unspecified atom stereocenters. The van der Waals surface area contributed by atoms with Gasteiger partial charge in [0, 0.05) is 29.2 Å². The molecule has 0 spiro atoms. The molecular formula is C18H41N3Si2. The maximum absolute atomic E-state index is 4.31. The van der Waals surface area contributed by atoms with Gasteiger partial charge in [-0.05, 0) is 38.9 Å². The number of nitrogens with zero attached hydrogens (tertiary/aromatic N) is 3. The number of aliphatic imine (C=N–C) groups is 1. The zero-order valence-electron chi connectivity index (χ0n) is 16.7. The largest absolute Gasteiger partial charge is 0.361 e. The van der Waals surface area contributed by atoms with Crippen LogP contribution in [0.25, 0.3) is 0 Å². The van der Waals surface area contributed by atoms with Crippen LogP contribution in [-0.4, -0.2) is 71.6 Å². The fraction of sp³-hybridized carbons (Fsp3) is 0.944. The molecule has 0 aromatic carbocycles. The third-order valence-electron chi connectivity index (χ3n) is 4.48. The predicted octanol–water partition coefficient (Wildman–Crippen LogP) is 4.48. The molecular weight excluding hydrogens is 314 g/mol. The molecule has 1 heterocycles. The first-order valence-electron chi connectivity index (χ1n) is 9.62. The van der Waals surface area contributed by atoms with Crippen LogP contribution >= 0.6 is 0 Å². The van der Waals surface area contributed by atoms with Gasteiger partial charge in [-0.25, -0.2) is 0 Å². The molecule has 0 bridgehead atoms. The normalized spacial score (nSPS) is 15.9. The molecule has 1 rings (SSSR count). The molecule has 0 amide bonds. The summed E-state index contributed by atoms with van der Waals surface area (Å²) in [5, 5.41) is 0. The van der Waals surface area contributed by atoms with E-state index >= 15 is 0 Å². The molecule has 1 aliphatic heterocycles. The van der Waals surface area contributed by atoms with Crippen molar-refractivity contribution in [2.24, 2.45) is 4.99 Å². The van der Waals surface area contributed by atoms with Crippen LogP contribution in [0.1, 0.15) is 19.3 Å². The highest BCUT2D eigenvalue weighted by Gasteiger charge is 2.16. The zero-order valence-corrected chi connectivity index (χ0v) is 18.7. The molecule has 3 nitrogen and oxygen atoms in total. The summed E-state index contributed by atoms with van der Waals surface area (Å²) in [6.07, 6.45) is 6.12. The third-order valence-corrected chi connectivity index (χ3v) is 8.19. The van der Waals surface area contributed by atoms with Crippen LogP contribution in [0.3, 0.4) is 0 Å². The summed E-state index contributed by atoms with van der Waals surface area (Å²) in [5.41, 5.74) is 0. The lowest BCUT2D eigenvalue weighted by molar-refractivity contribution is 0.261. The van der Waals surface area contributed by atoms with Crippen molar-refractivity contribution in [3.63, 3.8) is 0 Å². The lowest BCUT2D eigenvalue weighted by atomic mass is 10.3. The topological polar surface area (TPSA) is 18.8 Å². The first-order chi connectivity index (χ1) is 10.7. The van der Waals surface area contributed by atoms with Gasteiger partial charge in [0.1, 0.15) is 0 Å². The summed E-state index contributed by atoms with van der Waals surface area (Å²) < 4.78 is 0. The van der Waals surface area contributed by atoms with E-state index in [2.05, 4.69) is 54.1 Å². The minimum atomic E-state index is -0.883. The standard InChI is InChI=1S/C18H41N3Si2/c1-22(2,3)16-8-13-20(14-9-17-23(4,5)6)11-7-12-21-15-10-19-18-21/h18H,7-17H2,1-6H3. The monoisotopic (exact) mass is 355 g/mol. The summed E-state index contributed by atoms with van der Waals surface area (Å²) >= 11 is 0. The molecule has 1 aliphatic rings. The summed E-state index contributed by atoms with van der Waals surface area (Å²) in [7, 11) is -1.77. The Labute approximate surface area is 147 Å². The molecule has 0 aliphatic carbocycles. The Morgan fingerprint density at radius 3 is 1.83 bits per heavy atom. The van der Waals surface area contributed by atoms with Crippen LogP contribution in [0.5, 0.6) is 0 Å². The van der Waals surface area contributed by atoms with Crippen LogP contribution in [0, 0.1) is 0 Å². The second-order valence-corrected chi connectivity index (χ2v) is 20.8. The van der Waals surface area contributed by atoms with Crippen molar-refractivity contribution in [3.05, 3.63) is 0 Å². The first kappa shape index (κ1) is 20.9. The van der Waals surface area contributed by atoms with Gasteiger partial charge in [-0.3, -0.25) is 4.99 Å². The van der Waals surface area contributed by atoms with E-state index in [0.29, 0.717) is 0 Å². The van der Waals surface area contributed by atoms with Crippen molar-refractivity contribution >= 4 is 22.5 Å². The Balaban J connectivity index is 2.29. The van der Waals surface area contributed by atoms with E-state index < -0.39 is 16.1 Å². The van der Waals surface area contributed by atoms with Crippen molar-refractivity contribution in [2.75, 3.05) is 39.3 Å². The van der Waals surface area contributed by atoms with Crippen LogP contribution in [-0.2, 0) is 0 Å². The number of rotatable bonds is 12. The molecule has 0 saturated carbocycles. The van der Waals surface area contributed by atoms with Gasteiger partial charge in [0.25, 0.3) is 0 Å². The molecule has 0 fully saturated rings. The third kappa shape index (κ3) is 12.0. The maximum Gasteiger partial charge on any atom is 0.0851 e. The van der Waals surface area contributed by atoms with E-state index in [1.165, 1.54) is 57.5 Å². The van der Waals surface area contributed by atoms with Gasteiger partial charge in [-0.2, -0.15) is 0 Å². The molecule has 0 aromatic heterocycles. The van der Waals surface area contributed by atoms with Gasteiger partial charge >= 0.3 is 0 Å². The Morgan fingerprint density at radius 1 is 0.870 bits per heavy atom. The van der Waals surface area contributed by atoms with Gasteiger partial charge in [0.2, 0.25) is 0 Å². The van der Waals surface area contributed by atoms with E-state index in [1.807, 2.05) is 6.34 Å². The Hall–Kier alpha value is -0.136. The second-order valence-electron chi connectivity index (χ2n) is 9.58. The van der Waals surface area contributed by atoms with Gasteiger partial charge in [0.15, 0.2) is 0 Å². The van der Waals surface area contributed by atoms with Gasteiger partial charge in [-0.15, -0.1) is 0 Å². The Morgan fingerprint density at radius 2 is 1.39 bits per heavy atom. The molecule has 23 heavy (non-hydrogen) atoms. The summed E-state index contributed by atoms with van der Waals surface area (Å²) in [6.45, 7) is 22.2. The Kier molecular flexibility index (Phi) is 9.08. The van der Waals surface area contributed by atoms with E-state index in [1.54, 1.807) is 0 Å². The van der Waals surface area contributed by atoms with Gasteiger partial charge < -0.3 is 9.80 Å². The van der Waals surface area contributed by atoms with Crippen molar-refractivity contribution in [2.45, 2.75) is 70.6 Å². The van der Waals surface area contributed by atoms with Crippen molar-refractivity contribution in [3.8, 4) is 0 Å². The van der Waals surface area contributed by atoms with Gasteiger partial charge in [0.05, 0.1) is 12.9 Å². The molecule has 0 aromatic rings. The highest BCUT2D eigenvalue weighted by atomic mass is 28.3. The fourth-order valence-electron chi connectivity index (χ4n) is 3.09. The quantitative estimate of drug-likeness (QED) is 0.481. The minimum absolute atomic E-state index is 0.883. The van der Waals surface area contributed by atoms with Crippen molar-refractivity contribution in [1.29, 1.82) is 0 Å². The molecule has 0 atom stereocenters. The van der Waals surface area contributed by atoms with Crippen molar-refractivity contribution in [1.82, 2.24) is 9.80 Å². The van der Waals surface area contributed by atoms with E-state index in [9.17, 15) is 0 Å². The molecule has 5 heteroatoms. The fourth-order valence-corrected chi connectivity index (χ4v) is 5.52. The first-order valence-corrected chi connectivity index (χ1v) is 17.0. The lowest BCUT2D eigenvalue weighted by Crippen LogP contribution is -2.32. The average molecular weight is 356 g/mol. The molecule has 136 valence electrons. The smallest absolute Gasteiger partial charge is 0.0851 e. The van der Waals surface area contributed by atoms with E-state index in [0.717, 1.165) is 13.1 Å². The van der Waals surface area contributed by atoms with E-state index in [4.69, 9.17) is 0 Å².